The molecule has 2 aromatic carbocycles. The third-order valence-electron chi connectivity index (χ3n) is 6.40. The number of methoxy groups -OCH3 is 1. The molecule has 7 heteroatoms. The van der Waals surface area contributed by atoms with Crippen molar-refractivity contribution in [3.05, 3.63) is 71.2 Å². The number of carbonyl (C=O) groups is 1. The average molecular weight is 475 g/mol. The molecule has 1 fully saturated rings. The number of carboxylic acids is 1. The SMILES string of the molecule is COc1cc(C(=O)O)c(F)cc1C/C=C\Nc1ccc(C2CCC(C(C)C)CC2)cc1.NS. The molecular weight excluding hydrogens is 439 g/mol. The number of aromatic carboxylic acids is 1. The largest absolute Gasteiger partial charge is 0.496 e. The molecule has 1 aliphatic carbocycles. The molecule has 0 unspecified atom stereocenters. The Balaban J connectivity index is 0.00000187. The van der Waals surface area contributed by atoms with E-state index in [1.807, 2.05) is 12.3 Å². The summed E-state index contributed by atoms with van der Waals surface area (Å²) in [7, 11) is 1.45. The van der Waals surface area contributed by atoms with Gasteiger partial charge >= 0.3 is 5.97 Å². The summed E-state index contributed by atoms with van der Waals surface area (Å²) in [6.07, 6.45) is 9.28. The fourth-order valence-corrected chi connectivity index (χ4v) is 4.42. The topological polar surface area (TPSA) is 84.6 Å². The Morgan fingerprint density at radius 1 is 1.21 bits per heavy atom. The molecule has 4 N–H and O–H groups in total. The van der Waals surface area contributed by atoms with Crippen LogP contribution in [-0.2, 0) is 6.42 Å². The minimum absolute atomic E-state index is 0.361. The molecule has 0 bridgehead atoms. The van der Waals surface area contributed by atoms with Crippen molar-refractivity contribution < 1.29 is 19.0 Å². The van der Waals surface area contributed by atoms with Crippen molar-refractivity contribution in [2.24, 2.45) is 17.0 Å². The van der Waals surface area contributed by atoms with E-state index >= 15 is 0 Å². The molecule has 2 aromatic rings. The van der Waals surface area contributed by atoms with Crippen molar-refractivity contribution in [2.45, 2.75) is 51.9 Å². The highest BCUT2D eigenvalue weighted by atomic mass is 32.1. The molecule has 0 heterocycles. The molecule has 0 saturated heterocycles. The van der Waals surface area contributed by atoms with Crippen LogP contribution >= 0.6 is 12.8 Å². The number of halogens is 1. The van der Waals surface area contributed by atoms with Crippen molar-refractivity contribution in [3.8, 4) is 5.75 Å². The van der Waals surface area contributed by atoms with E-state index in [-0.39, 0.29) is 5.56 Å². The average Bonchev–Trinajstić information content (AvgIpc) is 2.83. The molecule has 0 aliphatic heterocycles. The highest BCUT2D eigenvalue weighted by Gasteiger charge is 2.24. The van der Waals surface area contributed by atoms with Crippen molar-refractivity contribution >= 4 is 24.5 Å². The van der Waals surface area contributed by atoms with Crippen molar-refractivity contribution in [1.29, 1.82) is 0 Å². The number of anilines is 1. The standard InChI is InChI=1S/C26H32FNO3.H3NS/c1-17(2)18-6-8-19(9-7-18)20-10-12-22(13-11-20)28-14-4-5-21-15-24(27)23(26(29)30)16-25(21)31-3;1-2/h4,10-19,28H,5-9H2,1-3H3,(H,29,30);2H,1H2/b14-4-;. The molecule has 0 atom stereocenters. The minimum Gasteiger partial charge on any atom is -0.496 e. The first-order valence-corrected chi connectivity index (χ1v) is 11.8. The quantitative estimate of drug-likeness (QED) is 0.332. The van der Waals surface area contributed by atoms with Gasteiger partial charge in [-0.3, -0.25) is 5.14 Å². The number of thiol groups is 1. The Morgan fingerprint density at radius 2 is 1.85 bits per heavy atom. The van der Waals surface area contributed by atoms with Gasteiger partial charge in [0.05, 0.1) is 12.7 Å². The molecule has 3 rings (SSSR count). The number of nitrogens with one attached hydrogen (secondary N) is 1. The van der Waals surface area contributed by atoms with Crippen molar-refractivity contribution in [2.75, 3.05) is 12.4 Å². The van der Waals surface area contributed by atoms with E-state index in [0.717, 1.165) is 17.5 Å². The predicted octanol–water partition coefficient (Wildman–Crippen LogP) is 6.42. The van der Waals surface area contributed by atoms with E-state index in [1.165, 1.54) is 50.5 Å². The zero-order valence-corrected chi connectivity index (χ0v) is 20.4. The van der Waals surface area contributed by atoms with Crippen LogP contribution in [0.25, 0.3) is 0 Å². The van der Waals surface area contributed by atoms with Crippen LogP contribution in [-0.4, -0.2) is 18.2 Å². The molecule has 0 amide bonds. The zero-order chi connectivity index (χ0) is 24.4. The molecule has 33 heavy (non-hydrogen) atoms. The summed E-state index contributed by atoms with van der Waals surface area (Å²) in [5.41, 5.74) is 2.61. The number of ether oxygens (including phenoxy) is 1. The van der Waals surface area contributed by atoms with Gasteiger partial charge in [0, 0.05) is 11.3 Å². The first-order chi connectivity index (χ1) is 15.9. The maximum atomic E-state index is 14.0. The highest BCUT2D eigenvalue weighted by Crippen LogP contribution is 2.38. The summed E-state index contributed by atoms with van der Waals surface area (Å²) in [4.78, 5) is 11.1. The van der Waals surface area contributed by atoms with E-state index in [2.05, 4.69) is 61.4 Å². The van der Waals surface area contributed by atoms with Crippen LogP contribution in [0.2, 0.25) is 0 Å². The number of allylic oxidation sites excluding steroid dienone is 1. The van der Waals surface area contributed by atoms with Gasteiger partial charge in [-0.1, -0.05) is 32.1 Å². The molecule has 1 aliphatic rings. The van der Waals surface area contributed by atoms with Crippen molar-refractivity contribution in [3.63, 3.8) is 0 Å². The second-order valence-electron chi connectivity index (χ2n) is 8.68. The van der Waals surface area contributed by atoms with Gasteiger partial charge in [-0.15, -0.1) is 12.8 Å². The second kappa shape index (κ2) is 13.3. The number of hydrogen-bond donors (Lipinski definition) is 4. The van der Waals surface area contributed by atoms with Gasteiger partial charge in [-0.2, -0.15) is 0 Å². The molecule has 1 saturated carbocycles. The maximum Gasteiger partial charge on any atom is 0.338 e. The van der Waals surface area contributed by atoms with E-state index < -0.39 is 11.8 Å². The van der Waals surface area contributed by atoms with Crippen molar-refractivity contribution in [1.82, 2.24) is 0 Å². The number of nitrogens with two attached hydrogens (primary N) is 1. The first-order valence-electron chi connectivity index (χ1n) is 11.3. The van der Waals surface area contributed by atoms with Gasteiger partial charge in [0.1, 0.15) is 11.6 Å². The lowest BCUT2D eigenvalue weighted by Gasteiger charge is -2.31. The lowest BCUT2D eigenvalue weighted by Crippen LogP contribution is -2.17. The molecule has 0 radical (unpaired) electrons. The monoisotopic (exact) mass is 474 g/mol. The van der Waals surface area contributed by atoms with Crippen LogP contribution in [0.1, 0.15) is 66.9 Å². The van der Waals surface area contributed by atoms with Gasteiger partial charge in [-0.05, 0) is 85.9 Å². The Hall–Kier alpha value is -2.51. The fraction of sp³-hybridized carbons (Fsp3) is 0.423. The van der Waals surface area contributed by atoms with Crippen LogP contribution in [0.4, 0.5) is 10.1 Å². The number of benzene rings is 2. The van der Waals surface area contributed by atoms with Crippen LogP contribution in [0.15, 0.2) is 48.7 Å². The first kappa shape index (κ1) is 26.7. The molecule has 5 nitrogen and oxygen atoms in total. The van der Waals surface area contributed by atoms with E-state index in [9.17, 15) is 9.18 Å². The van der Waals surface area contributed by atoms with Crippen LogP contribution in [0, 0.1) is 17.7 Å². The summed E-state index contributed by atoms with van der Waals surface area (Å²) >= 11 is 3.03. The summed E-state index contributed by atoms with van der Waals surface area (Å²) in [6.45, 7) is 4.66. The smallest absolute Gasteiger partial charge is 0.338 e. The molecular formula is C26H35FN2O3S. The van der Waals surface area contributed by atoms with Gasteiger partial charge in [0.25, 0.3) is 0 Å². The Morgan fingerprint density at radius 3 is 2.39 bits per heavy atom. The summed E-state index contributed by atoms with van der Waals surface area (Å²) in [5, 5.41) is 16.5. The summed E-state index contributed by atoms with van der Waals surface area (Å²) in [6, 6.07) is 11.0. The van der Waals surface area contributed by atoms with E-state index in [0.29, 0.717) is 23.7 Å². The van der Waals surface area contributed by atoms with E-state index in [4.69, 9.17) is 9.84 Å². The number of carboxylic acid groups (broad SMARTS) is 1. The lowest BCUT2D eigenvalue weighted by atomic mass is 9.75. The fourth-order valence-electron chi connectivity index (χ4n) is 4.42. The van der Waals surface area contributed by atoms with E-state index in [1.54, 1.807) is 0 Å². The molecule has 180 valence electrons. The second-order valence-corrected chi connectivity index (χ2v) is 8.68. The maximum absolute atomic E-state index is 14.0. The Bertz CT molecular complexity index is 924. The van der Waals surface area contributed by atoms with Crippen LogP contribution in [0.5, 0.6) is 5.75 Å². The number of rotatable bonds is 8. The third kappa shape index (κ3) is 7.51. The normalized spacial score (nSPS) is 18.0. The third-order valence-corrected chi connectivity index (χ3v) is 6.40. The van der Waals surface area contributed by atoms with Gasteiger partial charge < -0.3 is 15.2 Å². The zero-order valence-electron chi connectivity index (χ0n) is 19.6. The molecule has 0 aromatic heterocycles. The summed E-state index contributed by atoms with van der Waals surface area (Å²) < 4.78 is 19.2. The summed E-state index contributed by atoms with van der Waals surface area (Å²) in [5.74, 6) is 0.606. The highest BCUT2D eigenvalue weighted by molar-refractivity contribution is 7.77. The van der Waals surface area contributed by atoms with Gasteiger partial charge in [-0.25, -0.2) is 9.18 Å². The predicted molar refractivity (Wildman–Crippen MR) is 136 cm³/mol. The minimum atomic E-state index is -1.31. The van der Waals surface area contributed by atoms with Crippen LogP contribution in [0.3, 0.4) is 0 Å². The Kier molecular flexibility index (Phi) is 10.7. The number of hydrogen-bond acceptors (Lipinski definition) is 5. The molecule has 0 spiro atoms. The lowest BCUT2D eigenvalue weighted by molar-refractivity contribution is 0.0691. The Labute approximate surface area is 201 Å². The van der Waals surface area contributed by atoms with Gasteiger partial charge in [0.15, 0.2) is 0 Å². The van der Waals surface area contributed by atoms with Crippen LogP contribution < -0.4 is 15.2 Å². The van der Waals surface area contributed by atoms with Gasteiger partial charge in [0.2, 0.25) is 0 Å².